The molecule has 106 valence electrons. The fourth-order valence-corrected chi connectivity index (χ4v) is 2.58. The van der Waals surface area contributed by atoms with Gasteiger partial charge in [-0.1, -0.05) is 31.2 Å². The first kappa shape index (κ1) is 14.5. The molecule has 0 aliphatic carbocycles. The van der Waals surface area contributed by atoms with Crippen LogP contribution in [0.1, 0.15) is 24.5 Å². The molecule has 2 N–H and O–H groups in total. The third-order valence-corrected chi connectivity index (χ3v) is 4.06. The Bertz CT molecular complexity index is 361. The van der Waals surface area contributed by atoms with Crippen LogP contribution in [-0.2, 0) is 13.0 Å². The monoisotopic (exact) mass is 261 g/mol. The molecular weight excluding hydrogens is 234 g/mol. The maximum atomic E-state index is 3.55. The fraction of sp³-hybridized carbons (Fsp3) is 0.625. The van der Waals surface area contributed by atoms with Crippen LogP contribution < -0.4 is 10.6 Å². The van der Waals surface area contributed by atoms with E-state index in [2.05, 4.69) is 53.8 Å². The highest BCUT2D eigenvalue weighted by atomic mass is 15.2. The lowest BCUT2D eigenvalue weighted by Gasteiger charge is -2.33. The minimum absolute atomic E-state index is 0.684. The van der Waals surface area contributed by atoms with Crippen LogP contribution in [0.4, 0.5) is 0 Å². The van der Waals surface area contributed by atoms with Crippen molar-refractivity contribution in [2.24, 2.45) is 0 Å². The zero-order valence-corrected chi connectivity index (χ0v) is 12.3. The zero-order valence-electron chi connectivity index (χ0n) is 12.3. The number of aryl methyl sites for hydroxylation is 1. The van der Waals surface area contributed by atoms with Gasteiger partial charge in [0.2, 0.25) is 0 Å². The first-order chi connectivity index (χ1) is 9.29. The molecule has 0 aromatic heterocycles. The molecule has 1 atom stereocenters. The number of piperazine rings is 1. The number of nitrogens with zero attached hydrogens (tertiary/aromatic N) is 1. The summed E-state index contributed by atoms with van der Waals surface area (Å²) in [7, 11) is 2.23. The number of hydrogen-bond donors (Lipinski definition) is 2. The Morgan fingerprint density at radius 3 is 2.68 bits per heavy atom. The summed E-state index contributed by atoms with van der Waals surface area (Å²) in [5, 5.41) is 7.02. The van der Waals surface area contributed by atoms with E-state index >= 15 is 0 Å². The average molecular weight is 261 g/mol. The van der Waals surface area contributed by atoms with Crippen LogP contribution in [0.2, 0.25) is 0 Å². The Kier molecular flexibility index (Phi) is 5.83. The predicted octanol–water partition coefficient (Wildman–Crippen LogP) is 1.63. The van der Waals surface area contributed by atoms with Crippen molar-refractivity contribution in [2.45, 2.75) is 32.4 Å². The molecule has 1 aliphatic heterocycles. The zero-order chi connectivity index (χ0) is 13.5. The van der Waals surface area contributed by atoms with E-state index < -0.39 is 0 Å². The largest absolute Gasteiger partial charge is 0.314 e. The SMILES string of the molecule is CCc1ccc(CNCCC2CNCCN2C)cc1. The standard InChI is InChI=1S/C16H27N3/c1-3-14-4-6-15(7-5-14)12-17-9-8-16-13-18-10-11-19(16)2/h4-7,16-18H,3,8-13H2,1-2H3. The Hall–Kier alpha value is -0.900. The Balaban J connectivity index is 1.65. The molecule has 19 heavy (non-hydrogen) atoms. The summed E-state index contributed by atoms with van der Waals surface area (Å²) in [6.45, 7) is 7.69. The second-order valence-corrected chi connectivity index (χ2v) is 5.47. The quantitative estimate of drug-likeness (QED) is 0.762. The molecular formula is C16H27N3. The minimum Gasteiger partial charge on any atom is -0.314 e. The molecule has 1 saturated heterocycles. The van der Waals surface area contributed by atoms with Gasteiger partial charge in [0, 0.05) is 32.2 Å². The topological polar surface area (TPSA) is 27.3 Å². The minimum atomic E-state index is 0.684. The van der Waals surface area contributed by atoms with E-state index in [1.807, 2.05) is 0 Å². The van der Waals surface area contributed by atoms with E-state index in [9.17, 15) is 0 Å². The first-order valence-electron chi connectivity index (χ1n) is 7.49. The molecule has 0 bridgehead atoms. The maximum absolute atomic E-state index is 3.55. The molecule has 2 rings (SSSR count). The summed E-state index contributed by atoms with van der Waals surface area (Å²) in [5.41, 5.74) is 2.80. The van der Waals surface area contributed by atoms with Crippen LogP contribution in [0, 0.1) is 0 Å². The van der Waals surface area contributed by atoms with E-state index in [-0.39, 0.29) is 0 Å². The van der Waals surface area contributed by atoms with Gasteiger partial charge in [0.25, 0.3) is 0 Å². The van der Waals surface area contributed by atoms with Gasteiger partial charge in [0.05, 0.1) is 0 Å². The molecule has 1 fully saturated rings. The maximum Gasteiger partial charge on any atom is 0.0230 e. The van der Waals surface area contributed by atoms with E-state index in [0.29, 0.717) is 6.04 Å². The normalized spacial score (nSPS) is 20.6. The number of likely N-dealkylation sites (N-methyl/N-ethyl adjacent to an activating group) is 1. The molecule has 3 nitrogen and oxygen atoms in total. The molecule has 0 radical (unpaired) electrons. The van der Waals surface area contributed by atoms with Crippen molar-refractivity contribution in [3.8, 4) is 0 Å². The lowest BCUT2D eigenvalue weighted by molar-refractivity contribution is 0.189. The van der Waals surface area contributed by atoms with Crippen LogP contribution in [0.3, 0.4) is 0 Å². The molecule has 0 amide bonds. The Morgan fingerprint density at radius 1 is 1.26 bits per heavy atom. The van der Waals surface area contributed by atoms with Gasteiger partial charge in [-0.3, -0.25) is 0 Å². The van der Waals surface area contributed by atoms with Crippen LogP contribution in [0.5, 0.6) is 0 Å². The molecule has 0 spiro atoms. The number of nitrogens with one attached hydrogen (secondary N) is 2. The summed E-state index contributed by atoms with van der Waals surface area (Å²) >= 11 is 0. The summed E-state index contributed by atoms with van der Waals surface area (Å²) in [4.78, 5) is 2.47. The Morgan fingerprint density at radius 2 is 2.00 bits per heavy atom. The van der Waals surface area contributed by atoms with Crippen molar-refractivity contribution >= 4 is 0 Å². The van der Waals surface area contributed by atoms with E-state index in [4.69, 9.17) is 0 Å². The first-order valence-corrected chi connectivity index (χ1v) is 7.49. The number of rotatable bonds is 6. The van der Waals surface area contributed by atoms with Crippen molar-refractivity contribution in [1.82, 2.24) is 15.5 Å². The molecule has 0 saturated carbocycles. The summed E-state index contributed by atoms with van der Waals surface area (Å²) < 4.78 is 0. The fourth-order valence-electron chi connectivity index (χ4n) is 2.58. The highest BCUT2D eigenvalue weighted by molar-refractivity contribution is 5.22. The molecule has 1 aromatic rings. The molecule has 3 heteroatoms. The van der Waals surface area contributed by atoms with Gasteiger partial charge < -0.3 is 15.5 Å². The third kappa shape index (κ3) is 4.60. The van der Waals surface area contributed by atoms with Crippen molar-refractivity contribution in [3.63, 3.8) is 0 Å². The van der Waals surface area contributed by atoms with Gasteiger partial charge in [-0.15, -0.1) is 0 Å². The van der Waals surface area contributed by atoms with Crippen LogP contribution >= 0.6 is 0 Å². The smallest absolute Gasteiger partial charge is 0.0230 e. The van der Waals surface area contributed by atoms with E-state index in [1.165, 1.54) is 24.1 Å². The highest BCUT2D eigenvalue weighted by Crippen LogP contribution is 2.06. The van der Waals surface area contributed by atoms with Crippen LogP contribution in [0.15, 0.2) is 24.3 Å². The lowest BCUT2D eigenvalue weighted by Crippen LogP contribution is -2.50. The summed E-state index contributed by atoms with van der Waals surface area (Å²) in [6.07, 6.45) is 2.34. The van der Waals surface area contributed by atoms with Gasteiger partial charge in [0.15, 0.2) is 0 Å². The van der Waals surface area contributed by atoms with Crippen molar-refractivity contribution in [3.05, 3.63) is 35.4 Å². The van der Waals surface area contributed by atoms with Gasteiger partial charge in [-0.25, -0.2) is 0 Å². The molecule has 1 heterocycles. The van der Waals surface area contributed by atoms with E-state index in [0.717, 1.165) is 32.6 Å². The second kappa shape index (κ2) is 7.63. The van der Waals surface area contributed by atoms with Gasteiger partial charge in [-0.2, -0.15) is 0 Å². The lowest BCUT2D eigenvalue weighted by atomic mass is 10.1. The third-order valence-electron chi connectivity index (χ3n) is 4.06. The van der Waals surface area contributed by atoms with Crippen molar-refractivity contribution in [1.29, 1.82) is 0 Å². The number of benzene rings is 1. The highest BCUT2D eigenvalue weighted by Gasteiger charge is 2.17. The molecule has 1 aliphatic rings. The van der Waals surface area contributed by atoms with Crippen LogP contribution in [-0.4, -0.2) is 44.2 Å². The van der Waals surface area contributed by atoms with Crippen molar-refractivity contribution in [2.75, 3.05) is 33.2 Å². The van der Waals surface area contributed by atoms with Crippen molar-refractivity contribution < 1.29 is 0 Å². The van der Waals surface area contributed by atoms with Gasteiger partial charge >= 0.3 is 0 Å². The summed E-state index contributed by atoms with van der Waals surface area (Å²) in [6, 6.07) is 9.62. The predicted molar refractivity (Wildman–Crippen MR) is 81.4 cm³/mol. The Labute approximate surface area is 117 Å². The molecule has 1 unspecified atom stereocenters. The number of hydrogen-bond acceptors (Lipinski definition) is 3. The van der Waals surface area contributed by atoms with Gasteiger partial charge in [-0.05, 0) is 37.6 Å². The van der Waals surface area contributed by atoms with E-state index in [1.54, 1.807) is 0 Å². The van der Waals surface area contributed by atoms with Crippen LogP contribution in [0.25, 0.3) is 0 Å². The summed E-state index contributed by atoms with van der Waals surface area (Å²) in [5.74, 6) is 0. The second-order valence-electron chi connectivity index (χ2n) is 5.47. The van der Waals surface area contributed by atoms with Gasteiger partial charge in [0.1, 0.15) is 0 Å². The molecule has 1 aromatic carbocycles. The average Bonchev–Trinajstić information content (AvgIpc) is 2.46.